The minimum absolute atomic E-state index is 0.131. The molecule has 0 aromatic carbocycles. The third-order valence-corrected chi connectivity index (χ3v) is 4.15. The lowest BCUT2D eigenvalue weighted by atomic mass is 9.93. The van der Waals surface area contributed by atoms with Crippen LogP contribution in [-0.4, -0.2) is 34.7 Å². The van der Waals surface area contributed by atoms with Crippen molar-refractivity contribution in [3.63, 3.8) is 0 Å². The summed E-state index contributed by atoms with van der Waals surface area (Å²) in [7, 11) is 0. The van der Waals surface area contributed by atoms with E-state index in [9.17, 15) is 4.79 Å². The molecule has 0 spiro atoms. The van der Waals surface area contributed by atoms with Crippen LogP contribution in [0, 0.1) is 5.92 Å². The van der Waals surface area contributed by atoms with Crippen LogP contribution in [0.1, 0.15) is 19.8 Å². The molecule has 110 valence electrons. The summed E-state index contributed by atoms with van der Waals surface area (Å²) in [4.78, 5) is 22.2. The van der Waals surface area contributed by atoms with E-state index < -0.39 is 0 Å². The quantitative estimate of drug-likeness (QED) is 0.322. The zero-order chi connectivity index (χ0) is 14.7. The Morgan fingerprint density at radius 1 is 1.50 bits per heavy atom. The van der Waals surface area contributed by atoms with Gasteiger partial charge in [0.1, 0.15) is 11.6 Å². The molecule has 1 aromatic heterocycles. The minimum Gasteiger partial charge on any atom is -0.369 e. The fourth-order valence-corrected chi connectivity index (χ4v) is 2.76. The van der Waals surface area contributed by atoms with E-state index in [4.69, 9.17) is 11.6 Å². The van der Waals surface area contributed by atoms with Crippen LogP contribution >= 0.6 is 11.8 Å². The van der Waals surface area contributed by atoms with Crippen LogP contribution in [0.2, 0.25) is 0 Å². The number of nitrogens with one attached hydrogen (secondary N) is 1. The predicted molar refractivity (Wildman–Crippen MR) is 80.3 cm³/mol. The number of amides is 1. The summed E-state index contributed by atoms with van der Waals surface area (Å²) in [6.45, 7) is 2.71. The second-order valence-electron chi connectivity index (χ2n) is 4.92. The molecule has 1 aliphatic rings. The smallest absolute Gasteiger partial charge is 0.222 e. The lowest BCUT2D eigenvalue weighted by molar-refractivity contribution is -0.122. The van der Waals surface area contributed by atoms with Gasteiger partial charge >= 0.3 is 0 Å². The highest BCUT2D eigenvalue weighted by molar-refractivity contribution is 7.98. The van der Waals surface area contributed by atoms with Gasteiger partial charge in [-0.05, 0) is 26.0 Å². The first-order valence-corrected chi connectivity index (χ1v) is 7.73. The number of thioether (sulfide) groups is 1. The summed E-state index contributed by atoms with van der Waals surface area (Å²) in [5, 5.41) is 0.642. The van der Waals surface area contributed by atoms with E-state index in [0.29, 0.717) is 23.6 Å². The number of nitrogens with two attached hydrogens (primary N) is 2. The van der Waals surface area contributed by atoms with Crippen LogP contribution in [0.3, 0.4) is 0 Å². The van der Waals surface area contributed by atoms with Crippen molar-refractivity contribution in [1.29, 1.82) is 0 Å². The Labute approximate surface area is 122 Å². The number of anilines is 2. The second kappa shape index (κ2) is 6.27. The van der Waals surface area contributed by atoms with Crippen LogP contribution < -0.4 is 21.9 Å². The molecule has 2 rings (SSSR count). The molecule has 1 aromatic rings. The Balaban J connectivity index is 2.30. The Morgan fingerprint density at radius 3 is 2.85 bits per heavy atom. The van der Waals surface area contributed by atoms with Gasteiger partial charge in [-0.1, -0.05) is 11.8 Å². The highest BCUT2D eigenvalue weighted by Gasteiger charge is 2.29. The fraction of sp³-hybridized carbons (Fsp3) is 0.583. The highest BCUT2D eigenvalue weighted by Crippen LogP contribution is 2.28. The van der Waals surface area contributed by atoms with Gasteiger partial charge in [-0.3, -0.25) is 4.79 Å². The molecular weight excluding hydrogens is 276 g/mol. The van der Waals surface area contributed by atoms with Gasteiger partial charge in [0.15, 0.2) is 5.16 Å². The number of hydrogen-bond acceptors (Lipinski definition) is 7. The zero-order valence-corrected chi connectivity index (χ0v) is 12.5. The molecule has 8 heteroatoms. The summed E-state index contributed by atoms with van der Waals surface area (Å²) in [6.07, 6.45) is 3.65. The van der Waals surface area contributed by atoms with Crippen molar-refractivity contribution in [2.24, 2.45) is 17.5 Å². The van der Waals surface area contributed by atoms with Gasteiger partial charge in [0.2, 0.25) is 5.91 Å². The molecule has 1 amide bonds. The van der Waals surface area contributed by atoms with Gasteiger partial charge < -0.3 is 16.1 Å². The molecule has 1 fully saturated rings. The Bertz CT molecular complexity index is 475. The molecule has 20 heavy (non-hydrogen) atoms. The molecule has 0 bridgehead atoms. The van der Waals surface area contributed by atoms with Crippen molar-refractivity contribution in [2.75, 3.05) is 23.1 Å². The number of hydrazine groups is 1. The van der Waals surface area contributed by atoms with Crippen molar-refractivity contribution in [3.8, 4) is 0 Å². The maximum absolute atomic E-state index is 11.4. The van der Waals surface area contributed by atoms with Crippen LogP contribution in [0.15, 0.2) is 11.2 Å². The second-order valence-corrected chi connectivity index (χ2v) is 5.69. The average Bonchev–Trinajstić information content (AvgIpc) is 2.46. The SMILES string of the molecule is CSc1nc(NN)cc(N2CC(C(N)=O)CCC2C)n1. The number of aromatic nitrogens is 2. The number of rotatable bonds is 4. The van der Waals surface area contributed by atoms with E-state index in [1.54, 1.807) is 6.07 Å². The topological polar surface area (TPSA) is 110 Å². The van der Waals surface area contributed by atoms with Crippen LogP contribution in [0.5, 0.6) is 0 Å². The maximum atomic E-state index is 11.4. The summed E-state index contributed by atoms with van der Waals surface area (Å²) in [6, 6.07) is 2.10. The third kappa shape index (κ3) is 3.13. The Hall–Kier alpha value is -1.54. The number of nitrogen functional groups attached to an aromatic ring is 1. The first kappa shape index (κ1) is 14.9. The number of hydrogen-bond donors (Lipinski definition) is 3. The van der Waals surface area contributed by atoms with Crippen molar-refractivity contribution in [2.45, 2.75) is 31.0 Å². The highest BCUT2D eigenvalue weighted by atomic mass is 32.2. The molecule has 2 atom stereocenters. The molecule has 5 N–H and O–H groups in total. The standard InChI is InChI=1S/C12H20N6OS/c1-7-3-4-8(11(13)19)6-18(7)10-5-9(17-14)15-12(16-10)20-2/h5,7-8H,3-4,6,14H2,1-2H3,(H2,13,19)(H,15,16,17). The first-order valence-electron chi connectivity index (χ1n) is 6.50. The molecule has 2 heterocycles. The van der Waals surface area contributed by atoms with Crippen LogP contribution in [0.4, 0.5) is 11.6 Å². The summed E-state index contributed by atoms with van der Waals surface area (Å²) in [5.74, 6) is 6.39. The van der Waals surface area contributed by atoms with E-state index in [0.717, 1.165) is 18.7 Å². The van der Waals surface area contributed by atoms with Gasteiger partial charge in [-0.25, -0.2) is 15.8 Å². The molecular formula is C12H20N6OS. The number of carbonyl (C=O) groups excluding carboxylic acids is 1. The number of nitrogens with zero attached hydrogens (tertiary/aromatic N) is 3. The zero-order valence-electron chi connectivity index (χ0n) is 11.7. The summed E-state index contributed by atoms with van der Waals surface area (Å²) in [5.41, 5.74) is 7.98. The van der Waals surface area contributed by atoms with Gasteiger partial charge in [0, 0.05) is 18.7 Å². The molecule has 7 nitrogen and oxygen atoms in total. The molecule has 0 saturated carbocycles. The first-order chi connectivity index (χ1) is 9.55. The third-order valence-electron chi connectivity index (χ3n) is 3.60. The normalized spacial score (nSPS) is 22.6. The Kier molecular flexibility index (Phi) is 4.66. The van der Waals surface area contributed by atoms with Gasteiger partial charge in [0.25, 0.3) is 0 Å². The molecule has 2 unspecified atom stereocenters. The van der Waals surface area contributed by atoms with Crippen molar-refractivity contribution >= 4 is 29.3 Å². The minimum atomic E-state index is -0.252. The largest absolute Gasteiger partial charge is 0.369 e. The molecule has 1 saturated heterocycles. The number of piperidine rings is 1. The van der Waals surface area contributed by atoms with Crippen molar-refractivity contribution in [3.05, 3.63) is 6.07 Å². The van der Waals surface area contributed by atoms with Gasteiger partial charge in [-0.15, -0.1) is 0 Å². The summed E-state index contributed by atoms with van der Waals surface area (Å²) < 4.78 is 0. The van der Waals surface area contributed by atoms with Crippen molar-refractivity contribution in [1.82, 2.24) is 9.97 Å². The van der Waals surface area contributed by atoms with Crippen molar-refractivity contribution < 1.29 is 4.79 Å². The lowest BCUT2D eigenvalue weighted by Crippen LogP contribution is -2.46. The predicted octanol–water partition coefficient (Wildman–Crippen LogP) is 0.574. The summed E-state index contributed by atoms with van der Waals surface area (Å²) >= 11 is 1.45. The van der Waals surface area contributed by atoms with Crippen LogP contribution in [-0.2, 0) is 4.79 Å². The monoisotopic (exact) mass is 296 g/mol. The van der Waals surface area contributed by atoms with Gasteiger partial charge in [-0.2, -0.15) is 0 Å². The average molecular weight is 296 g/mol. The number of primary amides is 1. The lowest BCUT2D eigenvalue weighted by Gasteiger charge is -2.37. The van der Waals surface area contributed by atoms with E-state index in [1.165, 1.54) is 11.8 Å². The van der Waals surface area contributed by atoms with Crippen LogP contribution in [0.25, 0.3) is 0 Å². The van der Waals surface area contributed by atoms with E-state index in [-0.39, 0.29) is 11.8 Å². The number of carbonyl (C=O) groups is 1. The molecule has 0 radical (unpaired) electrons. The Morgan fingerprint density at radius 2 is 2.25 bits per heavy atom. The van der Waals surface area contributed by atoms with E-state index >= 15 is 0 Å². The van der Waals surface area contributed by atoms with E-state index in [1.807, 2.05) is 6.26 Å². The van der Waals surface area contributed by atoms with E-state index in [2.05, 4.69) is 27.2 Å². The maximum Gasteiger partial charge on any atom is 0.222 e. The van der Waals surface area contributed by atoms with Gasteiger partial charge in [0.05, 0.1) is 5.92 Å². The molecule has 1 aliphatic heterocycles. The molecule has 0 aliphatic carbocycles. The fourth-order valence-electron chi connectivity index (χ4n) is 2.38.